The van der Waals surface area contributed by atoms with Crippen LogP contribution in [0.15, 0.2) is 48.5 Å². The number of carbonyl (C=O) groups is 1. The zero-order valence-electron chi connectivity index (χ0n) is 15.6. The summed E-state index contributed by atoms with van der Waals surface area (Å²) in [6.07, 6.45) is 0.883. The van der Waals surface area contributed by atoms with Crippen LogP contribution in [0.25, 0.3) is 0 Å². The number of hydrogen-bond acceptors (Lipinski definition) is 4. The Hall–Kier alpha value is -2.53. The average Bonchev–Trinajstić information content (AvgIpc) is 2.67. The fraction of sp³-hybridized carbons (Fsp3) is 0.381. The molecule has 0 bridgehead atoms. The highest BCUT2D eigenvalue weighted by molar-refractivity contribution is 5.94. The van der Waals surface area contributed by atoms with Crippen molar-refractivity contribution in [3.8, 4) is 11.5 Å². The van der Waals surface area contributed by atoms with E-state index in [1.54, 1.807) is 0 Å². The zero-order chi connectivity index (χ0) is 18.5. The molecule has 1 aliphatic heterocycles. The molecule has 1 aliphatic rings. The minimum absolute atomic E-state index is 0.0334. The molecule has 138 valence electrons. The molecule has 0 fully saturated rings. The van der Waals surface area contributed by atoms with Crippen molar-refractivity contribution in [3.63, 3.8) is 0 Å². The molecule has 2 atom stereocenters. The summed E-state index contributed by atoms with van der Waals surface area (Å²) in [7, 11) is 1.92. The second-order valence-corrected chi connectivity index (χ2v) is 6.65. The number of anilines is 1. The summed E-state index contributed by atoms with van der Waals surface area (Å²) in [5.41, 5.74) is 2.07. The average molecular weight is 354 g/mol. The van der Waals surface area contributed by atoms with Crippen molar-refractivity contribution in [2.75, 3.05) is 25.5 Å². The van der Waals surface area contributed by atoms with Crippen molar-refractivity contribution in [1.29, 1.82) is 0 Å². The van der Waals surface area contributed by atoms with E-state index in [9.17, 15) is 4.79 Å². The maximum absolute atomic E-state index is 12.5. The number of aryl methyl sites for hydroxylation is 1. The Balaban J connectivity index is 1.53. The summed E-state index contributed by atoms with van der Waals surface area (Å²) in [5.74, 6) is 1.49. The number of para-hydroxylation sites is 2. The van der Waals surface area contributed by atoms with Gasteiger partial charge in [0.1, 0.15) is 12.7 Å². The lowest BCUT2D eigenvalue weighted by Crippen LogP contribution is -2.46. The van der Waals surface area contributed by atoms with Gasteiger partial charge >= 0.3 is 0 Å². The molecular formula is C21H26N2O3. The number of nitrogens with one attached hydrogen (secondary N) is 1. The maximum atomic E-state index is 12.5. The number of rotatable bonds is 6. The second kappa shape index (κ2) is 8.23. The molecule has 0 saturated heterocycles. The number of nitrogens with zero attached hydrogens (tertiary/aromatic N) is 1. The van der Waals surface area contributed by atoms with E-state index in [1.165, 1.54) is 5.56 Å². The number of benzene rings is 2. The third-order valence-corrected chi connectivity index (χ3v) is 4.73. The van der Waals surface area contributed by atoms with Crippen molar-refractivity contribution in [1.82, 2.24) is 4.90 Å². The molecule has 2 aromatic rings. The molecule has 2 aromatic carbocycles. The van der Waals surface area contributed by atoms with Crippen molar-refractivity contribution in [3.05, 3.63) is 54.1 Å². The molecule has 26 heavy (non-hydrogen) atoms. The van der Waals surface area contributed by atoms with Crippen LogP contribution >= 0.6 is 0 Å². The van der Waals surface area contributed by atoms with Crippen LogP contribution in [-0.2, 0) is 11.2 Å². The molecule has 0 spiro atoms. The highest BCUT2D eigenvalue weighted by atomic mass is 16.6. The molecule has 5 heteroatoms. The lowest BCUT2D eigenvalue weighted by Gasteiger charge is -2.31. The minimum Gasteiger partial charge on any atom is -0.486 e. The predicted octanol–water partition coefficient (Wildman–Crippen LogP) is 3.35. The molecule has 3 rings (SSSR count). The van der Waals surface area contributed by atoms with Gasteiger partial charge in [0.05, 0.1) is 6.04 Å². The predicted molar refractivity (Wildman–Crippen MR) is 103 cm³/mol. The Bertz CT molecular complexity index is 745. The number of fused-ring (bicyclic) bond motifs is 1. The Morgan fingerprint density at radius 1 is 1.19 bits per heavy atom. The fourth-order valence-electron chi connectivity index (χ4n) is 2.90. The molecule has 1 amide bonds. The Morgan fingerprint density at radius 2 is 1.88 bits per heavy atom. The van der Waals surface area contributed by atoms with Crippen LogP contribution in [0.3, 0.4) is 0 Å². The van der Waals surface area contributed by atoms with E-state index >= 15 is 0 Å². The van der Waals surface area contributed by atoms with E-state index in [0.717, 1.165) is 23.6 Å². The van der Waals surface area contributed by atoms with Crippen molar-refractivity contribution in [2.45, 2.75) is 32.4 Å². The van der Waals surface area contributed by atoms with Gasteiger partial charge < -0.3 is 14.8 Å². The molecule has 0 saturated carbocycles. The first kappa shape index (κ1) is 18.3. The highest BCUT2D eigenvalue weighted by Gasteiger charge is 2.26. The van der Waals surface area contributed by atoms with Gasteiger partial charge in [-0.15, -0.1) is 0 Å². The molecule has 1 heterocycles. The van der Waals surface area contributed by atoms with Gasteiger partial charge in [0, 0.05) is 12.2 Å². The molecule has 0 aromatic heterocycles. The number of ether oxygens (including phenoxy) is 2. The van der Waals surface area contributed by atoms with Crippen LogP contribution in [0, 0.1) is 0 Å². The minimum atomic E-state index is -0.276. The van der Waals surface area contributed by atoms with Crippen LogP contribution in [0.2, 0.25) is 0 Å². The second-order valence-electron chi connectivity index (χ2n) is 6.65. The van der Waals surface area contributed by atoms with Crippen LogP contribution in [0.1, 0.15) is 19.4 Å². The lowest BCUT2D eigenvalue weighted by atomic mass is 10.1. The van der Waals surface area contributed by atoms with Crippen molar-refractivity contribution >= 4 is 11.6 Å². The largest absolute Gasteiger partial charge is 0.486 e. The van der Waals surface area contributed by atoms with E-state index in [-0.39, 0.29) is 18.1 Å². The molecule has 0 unspecified atom stereocenters. The van der Waals surface area contributed by atoms with Crippen molar-refractivity contribution in [2.24, 2.45) is 0 Å². The number of hydrogen-bond donors (Lipinski definition) is 1. The van der Waals surface area contributed by atoms with E-state index < -0.39 is 0 Å². The van der Waals surface area contributed by atoms with Gasteiger partial charge in [-0.1, -0.05) is 31.2 Å². The Morgan fingerprint density at radius 3 is 2.58 bits per heavy atom. The van der Waals surface area contributed by atoms with Gasteiger partial charge in [0.25, 0.3) is 0 Å². The first-order valence-corrected chi connectivity index (χ1v) is 9.05. The van der Waals surface area contributed by atoms with Gasteiger partial charge in [0.2, 0.25) is 5.91 Å². The first-order chi connectivity index (χ1) is 12.6. The van der Waals surface area contributed by atoms with Gasteiger partial charge in [-0.05, 0) is 50.2 Å². The van der Waals surface area contributed by atoms with Gasteiger partial charge in [-0.3, -0.25) is 9.69 Å². The van der Waals surface area contributed by atoms with Crippen LogP contribution in [-0.4, -0.2) is 43.2 Å². The highest BCUT2D eigenvalue weighted by Crippen LogP contribution is 2.31. The first-order valence-electron chi connectivity index (χ1n) is 9.05. The molecule has 0 radical (unpaired) electrons. The number of amides is 1. The third-order valence-electron chi connectivity index (χ3n) is 4.73. The van der Waals surface area contributed by atoms with Crippen LogP contribution in [0.4, 0.5) is 5.69 Å². The smallest absolute Gasteiger partial charge is 0.241 e. The third kappa shape index (κ3) is 4.35. The summed E-state index contributed by atoms with van der Waals surface area (Å²) < 4.78 is 11.7. The topological polar surface area (TPSA) is 50.8 Å². The maximum Gasteiger partial charge on any atom is 0.241 e. The molecule has 5 nitrogen and oxygen atoms in total. The standard InChI is InChI=1S/C21H26N2O3/c1-4-16-9-11-17(12-10-16)22-21(24)15(2)23(3)13-18-14-25-19-7-5-6-8-20(19)26-18/h5-12,15,18H,4,13-14H2,1-3H3,(H,22,24)/t15-,18+/m0/s1. The Kier molecular flexibility index (Phi) is 5.78. The Labute approximate surface area is 154 Å². The van der Waals surface area contributed by atoms with Gasteiger partial charge in [0.15, 0.2) is 11.5 Å². The normalized spacial score (nSPS) is 17.0. The summed E-state index contributed by atoms with van der Waals surface area (Å²) in [6, 6.07) is 15.3. The van der Waals surface area contributed by atoms with Gasteiger partial charge in [-0.25, -0.2) is 0 Å². The summed E-state index contributed by atoms with van der Waals surface area (Å²) in [4.78, 5) is 14.5. The summed E-state index contributed by atoms with van der Waals surface area (Å²) in [5, 5.41) is 2.97. The zero-order valence-corrected chi connectivity index (χ0v) is 15.6. The lowest BCUT2D eigenvalue weighted by molar-refractivity contribution is -0.120. The SMILES string of the molecule is CCc1ccc(NC(=O)[C@H](C)N(C)C[C@@H]2COc3ccccc3O2)cc1. The van der Waals surface area contributed by atoms with Crippen LogP contribution < -0.4 is 14.8 Å². The van der Waals surface area contributed by atoms with E-state index in [2.05, 4.69) is 12.2 Å². The van der Waals surface area contributed by atoms with Crippen molar-refractivity contribution < 1.29 is 14.3 Å². The quantitative estimate of drug-likeness (QED) is 0.864. The number of carbonyl (C=O) groups excluding carboxylic acids is 1. The molecule has 1 N–H and O–H groups in total. The van der Waals surface area contributed by atoms with Crippen LogP contribution in [0.5, 0.6) is 11.5 Å². The summed E-state index contributed by atoms with van der Waals surface area (Å²) in [6.45, 7) is 5.10. The van der Waals surface area contributed by atoms with Gasteiger partial charge in [-0.2, -0.15) is 0 Å². The number of likely N-dealkylation sites (N-methyl/N-ethyl adjacent to an activating group) is 1. The molecule has 0 aliphatic carbocycles. The van der Waals surface area contributed by atoms with E-state index in [1.807, 2.05) is 67.4 Å². The fourth-order valence-corrected chi connectivity index (χ4v) is 2.90. The van der Waals surface area contributed by atoms with E-state index in [0.29, 0.717) is 13.2 Å². The molecular weight excluding hydrogens is 328 g/mol. The summed E-state index contributed by atoms with van der Waals surface area (Å²) >= 11 is 0. The monoisotopic (exact) mass is 354 g/mol. The van der Waals surface area contributed by atoms with E-state index in [4.69, 9.17) is 9.47 Å².